The zero-order valence-electron chi connectivity index (χ0n) is 17.4. The van der Waals surface area contributed by atoms with Crippen LogP contribution in [-0.4, -0.2) is 23.2 Å². The number of hydrogen-bond donors (Lipinski definition) is 2. The lowest BCUT2D eigenvalue weighted by Crippen LogP contribution is -2.14. The number of fused-ring (bicyclic) bond motifs is 1. The Kier molecular flexibility index (Phi) is 5.45. The third-order valence-corrected chi connectivity index (χ3v) is 5.30. The molecule has 0 unspecified atom stereocenters. The second-order valence-corrected chi connectivity index (χ2v) is 7.13. The third-order valence-electron chi connectivity index (χ3n) is 5.30. The van der Waals surface area contributed by atoms with Gasteiger partial charge in [-0.3, -0.25) is 9.59 Å². The molecule has 31 heavy (non-hydrogen) atoms. The highest BCUT2D eigenvalue weighted by Gasteiger charge is 2.26. The smallest absolute Gasteiger partial charge is 0.260 e. The van der Waals surface area contributed by atoms with Crippen molar-refractivity contribution in [1.29, 1.82) is 0 Å². The molecule has 0 atom stereocenters. The maximum atomic E-state index is 13.3. The quantitative estimate of drug-likeness (QED) is 0.453. The number of pyridine rings is 1. The summed E-state index contributed by atoms with van der Waals surface area (Å²) in [5, 5.41) is 2.85. The Morgan fingerprint density at radius 1 is 1.00 bits per heavy atom. The maximum absolute atomic E-state index is 13.3. The number of ketones is 1. The summed E-state index contributed by atoms with van der Waals surface area (Å²) in [5.41, 5.74) is 9.80. The number of nitrogens with one attached hydrogen (secondary N) is 1. The van der Waals surface area contributed by atoms with Crippen LogP contribution in [0.5, 0.6) is 5.75 Å². The maximum Gasteiger partial charge on any atom is 0.260 e. The van der Waals surface area contributed by atoms with Crippen LogP contribution >= 0.6 is 0 Å². The third kappa shape index (κ3) is 3.64. The fraction of sp³-hybridized carbons (Fsp3) is 0.120. The van der Waals surface area contributed by atoms with Crippen molar-refractivity contribution < 1.29 is 14.3 Å². The summed E-state index contributed by atoms with van der Waals surface area (Å²) in [5.74, 6) is -0.117. The van der Waals surface area contributed by atoms with Crippen LogP contribution < -0.4 is 15.8 Å². The van der Waals surface area contributed by atoms with Crippen LogP contribution in [0.4, 0.5) is 11.4 Å². The van der Waals surface area contributed by atoms with Crippen LogP contribution in [0.15, 0.2) is 72.9 Å². The van der Waals surface area contributed by atoms with E-state index in [2.05, 4.69) is 12.2 Å². The zero-order valence-corrected chi connectivity index (χ0v) is 17.4. The number of carbonyl (C=O) groups is 2. The van der Waals surface area contributed by atoms with E-state index >= 15 is 0 Å². The molecule has 0 aliphatic carbocycles. The highest BCUT2D eigenvalue weighted by atomic mass is 16.5. The molecule has 0 saturated carbocycles. The van der Waals surface area contributed by atoms with Gasteiger partial charge in [0.15, 0.2) is 0 Å². The molecule has 0 radical (unpaired) electrons. The first-order valence-corrected chi connectivity index (χ1v) is 10.0. The molecule has 0 fully saturated rings. The Labute approximate surface area is 180 Å². The number of nitrogens with zero attached hydrogens (tertiary/aromatic N) is 1. The van der Waals surface area contributed by atoms with Gasteiger partial charge in [-0.1, -0.05) is 49.4 Å². The van der Waals surface area contributed by atoms with Crippen molar-refractivity contribution in [3.63, 3.8) is 0 Å². The average molecular weight is 413 g/mol. The summed E-state index contributed by atoms with van der Waals surface area (Å²) in [6.07, 6.45) is 2.62. The summed E-state index contributed by atoms with van der Waals surface area (Å²) in [4.78, 5) is 26.5. The first-order chi connectivity index (χ1) is 15.0. The van der Waals surface area contributed by atoms with Gasteiger partial charge in [-0.2, -0.15) is 0 Å². The van der Waals surface area contributed by atoms with Gasteiger partial charge in [0, 0.05) is 11.8 Å². The molecule has 4 rings (SSSR count). The molecule has 0 bridgehead atoms. The van der Waals surface area contributed by atoms with E-state index < -0.39 is 5.91 Å². The Morgan fingerprint density at radius 3 is 2.42 bits per heavy atom. The van der Waals surface area contributed by atoms with Crippen molar-refractivity contribution in [2.45, 2.75) is 13.3 Å². The fourth-order valence-corrected chi connectivity index (χ4v) is 3.66. The molecule has 2 aromatic carbocycles. The number of amides is 1. The number of aryl methyl sites for hydroxylation is 1. The lowest BCUT2D eigenvalue weighted by atomic mass is 10.0. The largest absolute Gasteiger partial charge is 0.495 e. The molecule has 0 saturated heterocycles. The molecule has 0 spiro atoms. The summed E-state index contributed by atoms with van der Waals surface area (Å²) in [7, 11) is 1.54. The van der Waals surface area contributed by atoms with Crippen molar-refractivity contribution in [1.82, 2.24) is 4.40 Å². The molecular weight excluding hydrogens is 390 g/mol. The normalized spacial score (nSPS) is 10.8. The Hall–Kier alpha value is -4.06. The molecular formula is C25H23N3O3. The minimum Gasteiger partial charge on any atom is -0.495 e. The number of aromatic nitrogens is 1. The molecule has 2 heterocycles. The molecule has 4 aromatic rings. The first-order valence-electron chi connectivity index (χ1n) is 10.0. The number of para-hydroxylation sites is 2. The van der Waals surface area contributed by atoms with Crippen molar-refractivity contribution in [3.8, 4) is 5.75 Å². The Morgan fingerprint density at radius 2 is 1.71 bits per heavy atom. The molecule has 3 N–H and O–H groups in total. The predicted molar refractivity (Wildman–Crippen MR) is 122 cm³/mol. The number of benzene rings is 2. The summed E-state index contributed by atoms with van der Waals surface area (Å²) in [6, 6.07) is 19.9. The molecule has 0 aliphatic heterocycles. The second-order valence-electron chi connectivity index (χ2n) is 7.13. The van der Waals surface area contributed by atoms with Gasteiger partial charge in [0.05, 0.1) is 29.6 Å². The molecule has 0 aliphatic rings. The molecule has 1 amide bonds. The van der Waals surface area contributed by atoms with Crippen molar-refractivity contribution >= 4 is 28.6 Å². The van der Waals surface area contributed by atoms with Gasteiger partial charge >= 0.3 is 0 Å². The van der Waals surface area contributed by atoms with Gasteiger partial charge < -0.3 is 20.2 Å². The van der Waals surface area contributed by atoms with Gasteiger partial charge in [0.1, 0.15) is 11.4 Å². The van der Waals surface area contributed by atoms with E-state index in [9.17, 15) is 9.59 Å². The highest BCUT2D eigenvalue weighted by Crippen LogP contribution is 2.31. The van der Waals surface area contributed by atoms with E-state index in [4.69, 9.17) is 10.5 Å². The van der Waals surface area contributed by atoms with E-state index in [1.165, 1.54) is 7.11 Å². The van der Waals surface area contributed by atoms with Gasteiger partial charge in [-0.05, 0) is 36.2 Å². The number of hydrogen-bond acceptors (Lipinski definition) is 4. The molecule has 156 valence electrons. The van der Waals surface area contributed by atoms with Crippen LogP contribution in [0.3, 0.4) is 0 Å². The van der Waals surface area contributed by atoms with Crippen LogP contribution in [0.25, 0.3) is 5.52 Å². The summed E-state index contributed by atoms with van der Waals surface area (Å²) >= 11 is 0. The van der Waals surface area contributed by atoms with E-state index in [1.807, 2.05) is 18.2 Å². The van der Waals surface area contributed by atoms with E-state index in [-0.39, 0.29) is 22.7 Å². The summed E-state index contributed by atoms with van der Waals surface area (Å²) in [6.45, 7) is 2.06. The number of methoxy groups -OCH3 is 1. The number of nitrogens with two attached hydrogens (primary N) is 1. The lowest BCUT2D eigenvalue weighted by Gasteiger charge is -2.10. The van der Waals surface area contributed by atoms with Gasteiger partial charge in [0.25, 0.3) is 5.91 Å². The van der Waals surface area contributed by atoms with Crippen LogP contribution in [0.2, 0.25) is 0 Å². The number of ether oxygens (including phenoxy) is 1. The molecule has 6 nitrogen and oxygen atoms in total. The monoisotopic (exact) mass is 413 g/mol. The van der Waals surface area contributed by atoms with Crippen LogP contribution in [-0.2, 0) is 6.42 Å². The lowest BCUT2D eigenvalue weighted by molar-refractivity contribution is 0.102. The highest BCUT2D eigenvalue weighted by molar-refractivity contribution is 6.20. The van der Waals surface area contributed by atoms with Crippen LogP contribution in [0.1, 0.15) is 38.9 Å². The van der Waals surface area contributed by atoms with E-state index in [0.717, 1.165) is 12.0 Å². The standard InChI is InChI=1S/C25H23N3O3/c1-3-16-11-13-17(14-12-16)24(29)23-22(26)21(19-9-6-7-15-28(19)23)25(30)27-18-8-4-5-10-20(18)31-2/h4-15H,3,26H2,1-2H3,(H,27,30). The average Bonchev–Trinajstić information content (AvgIpc) is 3.10. The van der Waals surface area contributed by atoms with Crippen molar-refractivity contribution in [3.05, 3.63) is 95.3 Å². The Balaban J connectivity index is 1.79. The van der Waals surface area contributed by atoms with Crippen LogP contribution in [0, 0.1) is 0 Å². The predicted octanol–water partition coefficient (Wildman–Crippen LogP) is 4.58. The Bertz CT molecular complexity index is 1270. The zero-order chi connectivity index (χ0) is 22.0. The topological polar surface area (TPSA) is 85.8 Å². The van der Waals surface area contributed by atoms with Gasteiger partial charge in [-0.25, -0.2) is 0 Å². The van der Waals surface area contributed by atoms with Crippen molar-refractivity contribution in [2.75, 3.05) is 18.2 Å². The SMILES string of the molecule is CCc1ccc(C(=O)c2c(N)c(C(=O)Nc3ccccc3OC)c3ccccn23)cc1. The minimum atomic E-state index is -0.411. The summed E-state index contributed by atoms with van der Waals surface area (Å²) < 4.78 is 6.98. The van der Waals surface area contributed by atoms with Gasteiger partial charge in [-0.15, -0.1) is 0 Å². The van der Waals surface area contributed by atoms with Crippen molar-refractivity contribution in [2.24, 2.45) is 0 Å². The number of rotatable bonds is 6. The van der Waals surface area contributed by atoms with E-state index in [0.29, 0.717) is 22.5 Å². The van der Waals surface area contributed by atoms with Gasteiger partial charge in [0.2, 0.25) is 5.78 Å². The second kappa shape index (κ2) is 8.36. The molecule has 6 heteroatoms. The first kappa shape index (κ1) is 20.2. The molecule has 2 aromatic heterocycles. The number of nitrogen functional groups attached to an aromatic ring is 1. The fourth-order valence-electron chi connectivity index (χ4n) is 3.66. The number of carbonyl (C=O) groups excluding carboxylic acids is 2. The van der Waals surface area contributed by atoms with E-state index in [1.54, 1.807) is 59.1 Å². The number of anilines is 2. The minimum absolute atomic E-state index is 0.142.